The Morgan fingerprint density at radius 3 is 0.945 bits per heavy atom. The van der Waals surface area contributed by atoms with Crippen molar-refractivity contribution in [1.29, 1.82) is 0 Å². The summed E-state index contributed by atoms with van der Waals surface area (Å²) in [5.74, 6) is -4.55. The van der Waals surface area contributed by atoms with Gasteiger partial charge in [0, 0.05) is 0 Å². The van der Waals surface area contributed by atoms with Crippen LogP contribution in [0.15, 0.2) is 48.5 Å². The lowest BCUT2D eigenvalue weighted by Gasteiger charge is -2.45. The third-order valence-corrected chi connectivity index (χ3v) is 12.7. The maximum absolute atomic E-state index is 15.6. The van der Waals surface area contributed by atoms with Gasteiger partial charge in [-0.25, -0.2) is 0 Å². The SMILES string of the molecule is CCCCCCCC[N+](CCCCCCCC)(CCCCCCCC)C(C)c1c(OB(Oc2cc(C(F)(F)F)cc(C(F)(F)F)c2)Oc2cc(C(F)(F)F)cc(C(F)(F)F)c2)cc(C(F)(F)F)cc1C(F)(F)F. The molecule has 3 aromatic carbocycles. The summed E-state index contributed by atoms with van der Waals surface area (Å²) in [6.07, 6.45) is -20.4. The molecule has 0 saturated carbocycles. The molecule has 0 bridgehead atoms. The van der Waals surface area contributed by atoms with Crippen molar-refractivity contribution < 1.29 is 97.5 Å². The highest BCUT2D eigenvalue weighted by Gasteiger charge is 2.48. The van der Waals surface area contributed by atoms with Crippen molar-refractivity contribution in [2.45, 2.75) is 186 Å². The lowest BCUT2D eigenvalue weighted by atomic mass is 9.92. The summed E-state index contributed by atoms with van der Waals surface area (Å²) < 4.78 is 275. The van der Waals surface area contributed by atoms with Gasteiger partial charge in [0.2, 0.25) is 0 Å². The molecule has 4 nitrogen and oxygen atoms in total. The number of rotatable bonds is 29. The Labute approximate surface area is 414 Å². The van der Waals surface area contributed by atoms with Crippen LogP contribution < -0.4 is 14.0 Å². The van der Waals surface area contributed by atoms with E-state index in [0.717, 1.165) is 77.0 Å². The number of quaternary nitrogens is 1. The van der Waals surface area contributed by atoms with Crippen molar-refractivity contribution >= 4 is 7.32 Å². The van der Waals surface area contributed by atoms with Gasteiger partial charge in [0.05, 0.1) is 58.6 Å². The average Bonchev–Trinajstić information content (AvgIpc) is 3.27. The maximum Gasteiger partial charge on any atom is 0.864 e. The van der Waals surface area contributed by atoms with E-state index in [9.17, 15) is 65.9 Å². The van der Waals surface area contributed by atoms with Crippen molar-refractivity contribution in [1.82, 2.24) is 0 Å². The standard InChI is InChI=1S/C50H63BF18NO3/c1-5-8-11-14-17-20-23-70(24-21-18-15-12-9-6-2,25-22-19-16-13-10-7-3)34(4)44-42(50(67,68)69)32-39(49(64,65)66)33-43(44)73-51(71-40-28-35(45(52,53)54)26-36(29-40)46(55,56)57)72-41-30-37(47(58,59)60)27-38(31-41)48(61,62)63/h26-34H,5-25H2,1-4H3/q+1. The molecule has 0 aliphatic heterocycles. The van der Waals surface area contributed by atoms with E-state index in [-0.39, 0.29) is 72.6 Å². The minimum Gasteiger partial charge on any atom is -0.490 e. The second-order valence-electron chi connectivity index (χ2n) is 18.4. The molecule has 3 rings (SSSR count). The van der Waals surface area contributed by atoms with Gasteiger partial charge < -0.3 is 18.4 Å². The molecule has 0 heterocycles. The van der Waals surface area contributed by atoms with Gasteiger partial charge in [-0.3, -0.25) is 0 Å². The third kappa shape index (κ3) is 20.1. The van der Waals surface area contributed by atoms with Gasteiger partial charge in [0.15, 0.2) is 0 Å². The molecule has 1 unspecified atom stereocenters. The number of halogens is 18. The van der Waals surface area contributed by atoms with Crippen LogP contribution in [-0.4, -0.2) is 31.4 Å². The van der Waals surface area contributed by atoms with Gasteiger partial charge in [-0.2, -0.15) is 79.0 Å². The van der Waals surface area contributed by atoms with Crippen molar-refractivity contribution in [3.05, 3.63) is 87.5 Å². The molecule has 73 heavy (non-hydrogen) atoms. The van der Waals surface area contributed by atoms with E-state index in [0.29, 0.717) is 38.5 Å². The number of hydrogen-bond acceptors (Lipinski definition) is 3. The highest BCUT2D eigenvalue weighted by Crippen LogP contribution is 2.48. The van der Waals surface area contributed by atoms with Gasteiger partial charge in [-0.1, -0.05) is 97.8 Å². The Balaban J connectivity index is 2.49. The van der Waals surface area contributed by atoms with Crippen molar-refractivity contribution in [3.63, 3.8) is 0 Å². The topological polar surface area (TPSA) is 27.7 Å². The average molecular weight is 1080 g/mol. The molecule has 1 atom stereocenters. The first kappa shape index (κ1) is 63.1. The molecule has 23 heteroatoms. The van der Waals surface area contributed by atoms with Crippen LogP contribution in [0.2, 0.25) is 0 Å². The van der Waals surface area contributed by atoms with Crippen LogP contribution in [0, 0.1) is 0 Å². The van der Waals surface area contributed by atoms with Crippen molar-refractivity contribution in [3.8, 4) is 17.2 Å². The van der Waals surface area contributed by atoms with Gasteiger partial charge in [0.25, 0.3) is 0 Å². The van der Waals surface area contributed by atoms with Gasteiger partial charge in [-0.05, 0) is 94.0 Å². The van der Waals surface area contributed by atoms with Gasteiger partial charge in [0.1, 0.15) is 23.3 Å². The smallest absolute Gasteiger partial charge is 0.490 e. The van der Waals surface area contributed by atoms with Crippen LogP contribution in [-0.2, 0) is 37.1 Å². The molecule has 0 fully saturated rings. The number of alkyl halides is 18. The fraction of sp³-hybridized carbons (Fsp3) is 0.640. The lowest BCUT2D eigenvalue weighted by molar-refractivity contribution is -0.956. The first-order valence-electron chi connectivity index (χ1n) is 24.5. The number of unbranched alkanes of at least 4 members (excludes halogenated alkanes) is 15. The van der Waals surface area contributed by atoms with Crippen LogP contribution >= 0.6 is 0 Å². The van der Waals surface area contributed by atoms with E-state index in [1.807, 2.05) is 20.8 Å². The van der Waals surface area contributed by atoms with E-state index < -0.39 is 107 Å². The summed E-state index contributed by atoms with van der Waals surface area (Å²) in [5, 5.41) is 0. The van der Waals surface area contributed by atoms with Crippen molar-refractivity contribution in [2.75, 3.05) is 19.6 Å². The zero-order valence-corrected chi connectivity index (χ0v) is 41.1. The van der Waals surface area contributed by atoms with Crippen LogP contribution in [0.1, 0.15) is 188 Å². The molecule has 0 spiro atoms. The van der Waals surface area contributed by atoms with Crippen molar-refractivity contribution in [2.24, 2.45) is 0 Å². The summed E-state index contributed by atoms with van der Waals surface area (Å²) in [5.41, 5.74) is -13.3. The molecule has 0 aromatic heterocycles. The third-order valence-electron chi connectivity index (χ3n) is 12.7. The molecule has 0 aliphatic carbocycles. The summed E-state index contributed by atoms with van der Waals surface area (Å²) in [6, 6.07) is -2.92. The van der Waals surface area contributed by atoms with Crippen LogP contribution in [0.5, 0.6) is 17.2 Å². The molecular weight excluding hydrogens is 1020 g/mol. The summed E-state index contributed by atoms with van der Waals surface area (Å²) in [4.78, 5) is 0. The molecule has 414 valence electrons. The van der Waals surface area contributed by atoms with Crippen LogP contribution in [0.25, 0.3) is 0 Å². The molecule has 0 saturated heterocycles. The predicted molar refractivity (Wildman–Crippen MR) is 240 cm³/mol. The van der Waals surface area contributed by atoms with Gasteiger partial charge >= 0.3 is 44.4 Å². The quantitative estimate of drug-likeness (QED) is 0.0300. The largest absolute Gasteiger partial charge is 0.864 e. The Morgan fingerprint density at radius 2 is 0.658 bits per heavy atom. The maximum atomic E-state index is 15.6. The number of benzene rings is 3. The molecule has 3 aromatic rings. The van der Waals surface area contributed by atoms with E-state index >= 15 is 13.2 Å². The molecule has 0 radical (unpaired) electrons. The van der Waals surface area contributed by atoms with Crippen LogP contribution in [0.3, 0.4) is 0 Å². The van der Waals surface area contributed by atoms with E-state index in [1.54, 1.807) is 0 Å². The highest BCUT2D eigenvalue weighted by atomic mass is 19.4. The first-order valence-corrected chi connectivity index (χ1v) is 24.5. The number of hydrogen-bond donors (Lipinski definition) is 0. The molecule has 0 N–H and O–H groups in total. The Morgan fingerprint density at radius 1 is 0.370 bits per heavy atom. The van der Waals surface area contributed by atoms with Gasteiger partial charge in [-0.15, -0.1) is 0 Å². The zero-order valence-electron chi connectivity index (χ0n) is 41.1. The Kier molecular flexibility index (Phi) is 23.4. The zero-order chi connectivity index (χ0) is 55.1. The second kappa shape index (κ2) is 27.0. The van der Waals surface area contributed by atoms with Crippen LogP contribution in [0.4, 0.5) is 79.0 Å². The monoisotopic (exact) mass is 1080 g/mol. The normalized spacial score (nSPS) is 13.6. The lowest BCUT2D eigenvalue weighted by Crippen LogP contribution is -2.52. The Bertz CT molecular complexity index is 1950. The summed E-state index contributed by atoms with van der Waals surface area (Å²) in [6.45, 7) is 7.82. The van der Waals surface area contributed by atoms with E-state index in [2.05, 4.69) is 0 Å². The highest BCUT2D eigenvalue weighted by molar-refractivity contribution is 6.39. The fourth-order valence-corrected chi connectivity index (χ4v) is 8.75. The molecule has 0 aliphatic rings. The minimum atomic E-state index is -5.65. The van der Waals surface area contributed by atoms with E-state index in [4.69, 9.17) is 14.0 Å². The number of nitrogens with zero attached hydrogens (tertiary/aromatic N) is 1. The molecular formula is C50H63BF18NO3+. The summed E-state index contributed by atoms with van der Waals surface area (Å²) in [7, 11) is -3.28. The molecule has 0 amide bonds. The van der Waals surface area contributed by atoms with E-state index in [1.165, 1.54) is 6.92 Å². The minimum absolute atomic E-state index is 0.0380. The Hall–Kier alpha value is -4.18. The second-order valence-corrected chi connectivity index (χ2v) is 18.4. The summed E-state index contributed by atoms with van der Waals surface area (Å²) >= 11 is 0. The first-order chi connectivity index (χ1) is 33.8. The predicted octanol–water partition coefficient (Wildman–Crippen LogP) is 19.3. The fourth-order valence-electron chi connectivity index (χ4n) is 8.75.